The van der Waals surface area contributed by atoms with E-state index in [-0.39, 0.29) is 11.2 Å². The lowest BCUT2D eigenvalue weighted by molar-refractivity contribution is -0.131. The van der Waals surface area contributed by atoms with Crippen LogP contribution in [-0.4, -0.2) is 51.0 Å². The number of ether oxygens (including phenoxy) is 1. The number of methoxy groups -OCH3 is 1. The zero-order valence-corrected chi connectivity index (χ0v) is 19.0. The Bertz CT molecular complexity index is 1030. The molecule has 1 unspecified atom stereocenters. The molecule has 2 aromatic carbocycles. The van der Waals surface area contributed by atoms with Gasteiger partial charge in [0.1, 0.15) is 5.75 Å². The predicted octanol–water partition coefficient (Wildman–Crippen LogP) is 4.68. The van der Waals surface area contributed by atoms with Crippen LogP contribution in [0, 0.1) is 5.92 Å². The summed E-state index contributed by atoms with van der Waals surface area (Å²) in [6.07, 6.45) is 2.15. The summed E-state index contributed by atoms with van der Waals surface area (Å²) in [5, 5.41) is 9.42. The van der Waals surface area contributed by atoms with Crippen LogP contribution in [0.5, 0.6) is 5.75 Å². The Labute approximate surface area is 187 Å². The molecule has 2 heterocycles. The van der Waals surface area contributed by atoms with Gasteiger partial charge in [0.2, 0.25) is 5.91 Å². The molecule has 4 rings (SSSR count). The second-order valence-corrected chi connectivity index (χ2v) is 9.28. The van der Waals surface area contributed by atoms with Crippen molar-refractivity contribution in [2.45, 2.75) is 37.1 Å². The third-order valence-corrected chi connectivity index (χ3v) is 6.73. The molecular formula is C24H28N4O2S. The van der Waals surface area contributed by atoms with Gasteiger partial charge in [0.15, 0.2) is 11.0 Å². The number of benzene rings is 2. The van der Waals surface area contributed by atoms with Gasteiger partial charge in [-0.1, -0.05) is 49.0 Å². The largest absolute Gasteiger partial charge is 0.497 e. The molecule has 1 aliphatic rings. The third-order valence-electron chi connectivity index (χ3n) is 5.70. The van der Waals surface area contributed by atoms with Crippen molar-refractivity contribution in [3.05, 3.63) is 54.6 Å². The molecule has 31 heavy (non-hydrogen) atoms. The number of hydrogen-bond acceptors (Lipinski definition) is 5. The molecular weight excluding hydrogens is 408 g/mol. The maximum Gasteiger partial charge on any atom is 0.235 e. The van der Waals surface area contributed by atoms with Crippen LogP contribution in [0.2, 0.25) is 0 Å². The molecule has 0 spiro atoms. The van der Waals surface area contributed by atoms with Crippen LogP contribution in [0.3, 0.4) is 0 Å². The fraction of sp³-hybridized carbons (Fsp3) is 0.375. The van der Waals surface area contributed by atoms with Crippen LogP contribution in [0.4, 0.5) is 0 Å². The number of likely N-dealkylation sites (tertiary alicyclic amines) is 1. The smallest absolute Gasteiger partial charge is 0.235 e. The standard InChI is InChI=1S/C24H28N4O2S/c1-17-12-14-27(15-13-17)23(29)18(2)31-24-26-25-22(19-8-7-11-21(16-19)30-3)28(24)20-9-5-4-6-10-20/h4-11,16-18H,12-15H2,1-3H3. The van der Waals surface area contributed by atoms with Crippen molar-refractivity contribution in [2.75, 3.05) is 20.2 Å². The molecule has 1 fully saturated rings. The van der Waals surface area contributed by atoms with Crippen molar-refractivity contribution in [3.63, 3.8) is 0 Å². The van der Waals surface area contributed by atoms with E-state index in [4.69, 9.17) is 4.74 Å². The van der Waals surface area contributed by atoms with E-state index in [1.165, 1.54) is 11.8 Å². The Balaban J connectivity index is 1.65. The van der Waals surface area contributed by atoms with Crippen molar-refractivity contribution in [1.82, 2.24) is 19.7 Å². The number of carbonyl (C=O) groups is 1. The highest BCUT2D eigenvalue weighted by atomic mass is 32.2. The van der Waals surface area contributed by atoms with E-state index in [2.05, 4.69) is 17.1 Å². The first-order valence-corrected chi connectivity index (χ1v) is 11.6. The zero-order valence-electron chi connectivity index (χ0n) is 18.2. The topological polar surface area (TPSA) is 60.3 Å². The van der Waals surface area contributed by atoms with E-state index in [1.807, 2.05) is 71.0 Å². The van der Waals surface area contributed by atoms with Crippen molar-refractivity contribution in [3.8, 4) is 22.8 Å². The molecule has 0 radical (unpaired) electrons. The number of hydrogen-bond donors (Lipinski definition) is 0. The van der Waals surface area contributed by atoms with Gasteiger partial charge in [-0.15, -0.1) is 10.2 Å². The average molecular weight is 437 g/mol. The van der Waals surface area contributed by atoms with Crippen LogP contribution in [0.1, 0.15) is 26.7 Å². The van der Waals surface area contributed by atoms with Crippen LogP contribution in [-0.2, 0) is 4.79 Å². The Morgan fingerprint density at radius 3 is 2.55 bits per heavy atom. The van der Waals surface area contributed by atoms with Gasteiger partial charge < -0.3 is 9.64 Å². The number of aromatic nitrogens is 3. The molecule has 7 heteroatoms. The maximum atomic E-state index is 13.0. The van der Waals surface area contributed by atoms with Crippen molar-refractivity contribution < 1.29 is 9.53 Å². The van der Waals surface area contributed by atoms with Crippen molar-refractivity contribution in [2.24, 2.45) is 5.92 Å². The van der Waals surface area contributed by atoms with Gasteiger partial charge in [0.05, 0.1) is 12.4 Å². The summed E-state index contributed by atoms with van der Waals surface area (Å²) in [6, 6.07) is 17.8. The first-order chi connectivity index (χ1) is 15.1. The molecule has 0 bridgehead atoms. The van der Waals surface area contributed by atoms with E-state index < -0.39 is 0 Å². The van der Waals surface area contributed by atoms with Crippen LogP contribution in [0.15, 0.2) is 59.8 Å². The molecule has 0 aliphatic carbocycles. The molecule has 0 N–H and O–H groups in total. The highest BCUT2D eigenvalue weighted by Gasteiger charge is 2.27. The Morgan fingerprint density at radius 1 is 1.10 bits per heavy atom. The molecule has 1 amide bonds. The fourth-order valence-electron chi connectivity index (χ4n) is 3.80. The molecule has 1 saturated heterocycles. The SMILES string of the molecule is COc1cccc(-c2nnc(SC(C)C(=O)N3CCC(C)CC3)n2-c2ccccc2)c1. The number of carbonyl (C=O) groups excluding carboxylic acids is 1. The minimum absolute atomic E-state index is 0.169. The first kappa shape index (κ1) is 21.4. The van der Waals surface area contributed by atoms with E-state index >= 15 is 0 Å². The third kappa shape index (κ3) is 4.77. The molecule has 6 nitrogen and oxygen atoms in total. The Morgan fingerprint density at radius 2 is 1.84 bits per heavy atom. The van der Waals surface area contributed by atoms with Gasteiger partial charge in [-0.05, 0) is 49.9 Å². The molecule has 1 aliphatic heterocycles. The summed E-state index contributed by atoms with van der Waals surface area (Å²) < 4.78 is 7.40. The van der Waals surface area contributed by atoms with Crippen LogP contribution < -0.4 is 4.74 Å². The van der Waals surface area contributed by atoms with Gasteiger partial charge in [-0.3, -0.25) is 9.36 Å². The monoisotopic (exact) mass is 436 g/mol. The summed E-state index contributed by atoms with van der Waals surface area (Å²) in [6.45, 7) is 5.89. The van der Waals surface area contributed by atoms with Crippen LogP contribution >= 0.6 is 11.8 Å². The van der Waals surface area contributed by atoms with E-state index in [0.29, 0.717) is 11.1 Å². The van der Waals surface area contributed by atoms with E-state index in [0.717, 1.165) is 48.8 Å². The summed E-state index contributed by atoms with van der Waals surface area (Å²) >= 11 is 1.46. The normalized spacial score (nSPS) is 15.6. The second kappa shape index (κ2) is 9.56. The first-order valence-electron chi connectivity index (χ1n) is 10.7. The molecule has 3 aromatic rings. The Kier molecular flexibility index (Phi) is 6.61. The van der Waals surface area contributed by atoms with Gasteiger partial charge in [0, 0.05) is 24.3 Å². The quantitative estimate of drug-likeness (QED) is 0.525. The Hall–Kier alpha value is -2.80. The predicted molar refractivity (Wildman–Crippen MR) is 124 cm³/mol. The van der Waals surface area contributed by atoms with E-state index in [9.17, 15) is 4.79 Å². The fourth-order valence-corrected chi connectivity index (χ4v) is 4.75. The second-order valence-electron chi connectivity index (χ2n) is 7.98. The number of nitrogens with zero attached hydrogens (tertiary/aromatic N) is 4. The summed E-state index contributed by atoms with van der Waals surface area (Å²) in [7, 11) is 1.65. The maximum absolute atomic E-state index is 13.0. The number of piperidine rings is 1. The number of rotatable bonds is 6. The number of para-hydroxylation sites is 1. The zero-order chi connectivity index (χ0) is 21.8. The lowest BCUT2D eigenvalue weighted by atomic mass is 9.99. The van der Waals surface area contributed by atoms with Gasteiger partial charge in [0.25, 0.3) is 0 Å². The van der Waals surface area contributed by atoms with Crippen molar-refractivity contribution >= 4 is 17.7 Å². The van der Waals surface area contributed by atoms with Gasteiger partial charge in [-0.25, -0.2) is 0 Å². The molecule has 0 saturated carbocycles. The molecule has 1 atom stereocenters. The number of thioether (sulfide) groups is 1. The lowest BCUT2D eigenvalue weighted by Gasteiger charge is -2.32. The van der Waals surface area contributed by atoms with Gasteiger partial charge >= 0.3 is 0 Å². The van der Waals surface area contributed by atoms with Crippen molar-refractivity contribution in [1.29, 1.82) is 0 Å². The summed E-state index contributed by atoms with van der Waals surface area (Å²) in [5.74, 6) is 2.34. The molecule has 1 aromatic heterocycles. The number of amides is 1. The van der Waals surface area contributed by atoms with Crippen LogP contribution in [0.25, 0.3) is 17.1 Å². The highest BCUT2D eigenvalue weighted by Crippen LogP contribution is 2.32. The minimum Gasteiger partial charge on any atom is -0.497 e. The van der Waals surface area contributed by atoms with E-state index in [1.54, 1.807) is 7.11 Å². The average Bonchev–Trinajstić information content (AvgIpc) is 3.23. The minimum atomic E-state index is -0.238. The van der Waals surface area contributed by atoms with Gasteiger partial charge in [-0.2, -0.15) is 0 Å². The summed E-state index contributed by atoms with van der Waals surface area (Å²) in [4.78, 5) is 15.0. The lowest BCUT2D eigenvalue weighted by Crippen LogP contribution is -2.41. The highest BCUT2D eigenvalue weighted by molar-refractivity contribution is 8.00. The summed E-state index contributed by atoms with van der Waals surface area (Å²) in [5.41, 5.74) is 1.87. The molecule has 162 valence electrons.